The number of phosphoric acid groups is 1. The maximum absolute atomic E-state index is 14.1. The molecule has 3 heterocycles. The number of carbonyl (C=O) groups excluding carboxylic acids is 7. The number of fused-ring (bicyclic) bond motifs is 1. The van der Waals surface area contributed by atoms with Gasteiger partial charge in [0.25, 0.3) is 11.5 Å². The second kappa shape index (κ2) is 36.7. The summed E-state index contributed by atoms with van der Waals surface area (Å²) < 4.78 is 61.0. The molecule has 0 spiro atoms. The number of nitrogen functional groups attached to an aromatic ring is 1. The summed E-state index contributed by atoms with van der Waals surface area (Å²) in [4.78, 5) is 154. The molecule has 0 bridgehead atoms. The predicted octanol–water partition coefficient (Wildman–Crippen LogP) is 4.49. The number of carbonyl (C=O) groups is 10. The summed E-state index contributed by atoms with van der Waals surface area (Å²) in [7, 11) is -4.24. The van der Waals surface area contributed by atoms with Crippen LogP contribution in [-0.2, 0) is 89.6 Å². The molecule has 10 N–H and O–H groups in total. The number of alkyl carbamates (subject to hydrolysis) is 1. The van der Waals surface area contributed by atoms with Crippen molar-refractivity contribution >= 4 is 90.4 Å². The third-order valence-corrected chi connectivity index (χ3v) is 15.2. The van der Waals surface area contributed by atoms with E-state index in [1.165, 1.54) is 42.6 Å². The first kappa shape index (κ1) is 76.8. The number of benzene rings is 4. The van der Waals surface area contributed by atoms with Gasteiger partial charge in [0, 0.05) is 30.8 Å². The topological polar surface area (TPSA) is 480 Å². The Morgan fingerprint density at radius 2 is 1.38 bits per heavy atom. The number of carboxylic acid groups (broad SMARTS) is 3. The minimum Gasteiger partial charge on any atom is -0.481 e. The van der Waals surface area contributed by atoms with Gasteiger partial charge in [-0.15, -0.1) is 0 Å². The first-order valence-electron chi connectivity index (χ1n) is 29.8. The molecule has 4 aromatic carbocycles. The van der Waals surface area contributed by atoms with Crippen LogP contribution in [0.5, 0.6) is 5.75 Å². The molecule has 34 nitrogen and oxygen atoms in total. The molecule has 2 unspecified atom stereocenters. The number of ether oxygens (including phenoxy) is 6. The molecule has 0 aliphatic carbocycles. The van der Waals surface area contributed by atoms with Crippen molar-refractivity contribution in [2.24, 2.45) is 0 Å². The number of anilines is 2. The number of amides is 5. The molecule has 540 valence electrons. The zero-order valence-corrected chi connectivity index (χ0v) is 58.5. The van der Waals surface area contributed by atoms with E-state index in [0.29, 0.717) is 12.0 Å². The second-order valence-electron chi connectivity index (χ2n) is 21.4. The molecular weight excluding hydrogens is 1810 g/mol. The third kappa shape index (κ3) is 23.8. The normalized spacial score (nSPS) is 12.9. The van der Waals surface area contributed by atoms with E-state index in [1.807, 2.05) is 42.5 Å². The Morgan fingerprint density at radius 3 is 2.03 bits per heavy atom. The van der Waals surface area contributed by atoms with Crippen LogP contribution >= 0.6 is 7.82 Å². The molecule has 2 atom stereocenters. The molecular formula is C62H69Fm2N10O24P. The number of aromatic amines is 1. The molecule has 5 amide bonds. The molecule has 99 heavy (non-hydrogen) atoms. The summed E-state index contributed by atoms with van der Waals surface area (Å²) in [6.07, 6.45) is -2.82. The maximum atomic E-state index is 14.1. The van der Waals surface area contributed by atoms with E-state index < -0.39 is 136 Å². The van der Waals surface area contributed by atoms with Crippen molar-refractivity contribution in [3.05, 3.63) is 142 Å². The van der Waals surface area contributed by atoms with Crippen LogP contribution in [0.15, 0.2) is 108 Å². The number of H-pyrrole nitrogens is 1. The predicted molar refractivity (Wildman–Crippen MR) is 336 cm³/mol. The zero-order chi connectivity index (χ0) is 70.1. The molecule has 1 fully saturated rings. The van der Waals surface area contributed by atoms with Gasteiger partial charge in [-0.05, 0) is 85.3 Å². The van der Waals surface area contributed by atoms with E-state index in [4.69, 9.17) is 52.8 Å². The molecule has 37 heteroatoms. The van der Waals surface area contributed by atoms with Crippen molar-refractivity contribution in [2.75, 3.05) is 70.2 Å². The molecule has 1 aliphatic heterocycles. The number of aliphatic carboxylic acids is 3. The van der Waals surface area contributed by atoms with Gasteiger partial charge < -0.3 is 75.3 Å². The second-order valence-corrected chi connectivity index (χ2v) is 23.0. The Morgan fingerprint density at radius 1 is 0.737 bits per heavy atom. The van der Waals surface area contributed by atoms with E-state index in [-0.39, 0.29) is 111 Å². The SMILES string of the molecule is CC(C)(OC(=O)NC(CC(=O)NCCOCCOCCNC(=O)CCC(NC(=O)c1ccc(N(Cc2cnc3nc(N)[nH]c(=O)c3n2)C(=O)OCc2ccc(OP3(=O)OCCCO3)c(C(=O)OCOC(=O)CCC(=O)O)c2)cc1)C(=O)O)C(=O)O)c1ccc(-c2ccccc2)cc1.[Fm].[Fm]. The van der Waals surface area contributed by atoms with Gasteiger partial charge in [0.1, 0.15) is 35.6 Å². The summed E-state index contributed by atoms with van der Waals surface area (Å²) in [5.41, 5.74) is 5.73. The van der Waals surface area contributed by atoms with Crippen LogP contribution in [0.1, 0.15) is 89.9 Å². The molecule has 1 saturated heterocycles. The first-order valence-corrected chi connectivity index (χ1v) is 31.2. The fraction of sp³-hybridized carbons (Fsp3) is 0.355. The van der Waals surface area contributed by atoms with Gasteiger partial charge in [-0.2, -0.15) is 4.98 Å². The van der Waals surface area contributed by atoms with Crippen LogP contribution in [0.25, 0.3) is 22.3 Å². The third-order valence-electron chi connectivity index (χ3n) is 13.8. The number of carboxylic acids is 3. The van der Waals surface area contributed by atoms with Crippen LogP contribution in [-0.4, -0.2) is 167 Å². The molecule has 7 rings (SSSR count). The van der Waals surface area contributed by atoms with Crippen molar-refractivity contribution in [2.45, 2.75) is 83.2 Å². The fourth-order valence-corrected chi connectivity index (χ4v) is 10.1. The maximum Gasteiger partial charge on any atom is 0.530 e. The largest absolute Gasteiger partial charge is 0.530 e. The number of esters is 2. The van der Waals surface area contributed by atoms with Gasteiger partial charge in [0.05, 0.1) is 77.3 Å². The summed E-state index contributed by atoms with van der Waals surface area (Å²) >= 11 is 0. The number of nitrogens with two attached hydrogens (primary N) is 1. The minimum absolute atomic E-state index is 0. The van der Waals surface area contributed by atoms with Crippen molar-refractivity contribution in [3.8, 4) is 16.9 Å². The van der Waals surface area contributed by atoms with Crippen LogP contribution in [0.3, 0.4) is 0 Å². The van der Waals surface area contributed by atoms with Gasteiger partial charge in [0.15, 0.2) is 11.2 Å². The zero-order valence-electron chi connectivity index (χ0n) is 52.8. The molecule has 0 radical (unpaired) electrons. The first-order chi connectivity index (χ1) is 46.3. The number of hydrogen-bond donors (Lipinski definition) is 9. The Hall–Kier alpha value is -12.9. The minimum atomic E-state index is -4.24. The number of rotatable bonds is 35. The van der Waals surface area contributed by atoms with Crippen LogP contribution < -0.4 is 42.0 Å². The van der Waals surface area contributed by atoms with Gasteiger partial charge in [-0.1, -0.05) is 60.7 Å². The van der Waals surface area contributed by atoms with Crippen molar-refractivity contribution in [1.29, 1.82) is 0 Å². The van der Waals surface area contributed by atoms with Gasteiger partial charge in [0.2, 0.25) is 24.6 Å². The molecule has 0 saturated carbocycles. The Balaban J connectivity index is 0.00000884. The van der Waals surface area contributed by atoms with Crippen LogP contribution in [0.2, 0.25) is 0 Å². The Bertz CT molecular complexity index is 3920. The van der Waals surface area contributed by atoms with E-state index in [9.17, 15) is 67.5 Å². The summed E-state index contributed by atoms with van der Waals surface area (Å²) in [6.45, 7) is 1.57. The average Bonchev–Trinajstić information content (AvgIpc) is 0.816. The van der Waals surface area contributed by atoms with E-state index in [1.54, 1.807) is 26.0 Å². The van der Waals surface area contributed by atoms with Crippen molar-refractivity contribution < 1.29 is 110 Å². The molecule has 1 aliphatic rings. The van der Waals surface area contributed by atoms with Gasteiger partial charge in [-0.25, -0.2) is 38.5 Å². The van der Waals surface area contributed by atoms with E-state index >= 15 is 0 Å². The standard InChI is InChI=1S/C62H69N10O24P.2Fm/c1-62(2,41-14-10-39(11-15-41)38-7-4-3-5-8-38)95-60(85)69-46(57(82)83)32-49(74)65-24-28-89-30-29-88-27-23-64-48(73)20-18-45(56(80)81)68-54(78)40-12-16-43(17-13-40)72(34-42-33-66-53-52(67-42)55(79)71-59(63)70-53)61(86)90-35-37-9-19-47(96-97(87)93-25-6-26-94-97)44(31-37)58(84)92-36-91-51(77)22-21-50(75)76;;/h3-5,7-17,19,31,33,45-46H,6,18,20-30,32,34-36H2,1-2H3,(H,64,73)(H,65,74)(H,68,78)(H,69,85)(H,75,76)(H,80,81)(H,82,83)(H3,63,66,70,71,79);;. The Labute approximate surface area is 551 Å². The van der Waals surface area contributed by atoms with E-state index in [0.717, 1.165) is 22.1 Å². The van der Waals surface area contributed by atoms with Gasteiger partial charge in [-0.3, -0.25) is 47.7 Å². The number of phosphoric ester groups is 1. The monoisotopic (exact) mass is 1880 g/mol. The average molecular weight is 1880 g/mol. The van der Waals surface area contributed by atoms with Crippen molar-refractivity contribution in [1.82, 2.24) is 41.2 Å². The Kier molecular flexibility index (Phi) is 28.4. The van der Waals surface area contributed by atoms with Crippen LogP contribution in [0.4, 0.5) is 21.2 Å². The number of aromatic nitrogens is 4. The molecule has 2 aromatic heterocycles. The smallest absolute Gasteiger partial charge is 0.481 e. The number of hydrogen-bond acceptors (Lipinski definition) is 25. The van der Waals surface area contributed by atoms with Crippen molar-refractivity contribution in [3.63, 3.8) is 0 Å². The van der Waals surface area contributed by atoms with Gasteiger partial charge >= 0.3 is 49.9 Å². The van der Waals surface area contributed by atoms with E-state index in [2.05, 4.69) is 41.2 Å². The summed E-state index contributed by atoms with van der Waals surface area (Å²) in [5, 5.41) is 38.2. The molecule has 6 aromatic rings. The number of nitrogens with one attached hydrogen (secondary N) is 5. The summed E-state index contributed by atoms with van der Waals surface area (Å²) in [5.74, 6) is -9.06. The summed E-state index contributed by atoms with van der Waals surface area (Å²) in [6, 6.07) is 22.7. The quantitative estimate of drug-likeness (QED) is 0.00870. The fourth-order valence-electron chi connectivity index (χ4n) is 8.85. The number of nitrogens with zero attached hydrogens (tertiary/aromatic N) is 4. The van der Waals surface area contributed by atoms with Crippen LogP contribution in [0, 0.1) is 0 Å².